The Morgan fingerprint density at radius 2 is 1.94 bits per heavy atom. The number of nitrogens with zero attached hydrogens (tertiary/aromatic N) is 3. The molecule has 34 heavy (non-hydrogen) atoms. The van der Waals surface area contributed by atoms with Gasteiger partial charge in [0, 0.05) is 22.8 Å². The highest BCUT2D eigenvalue weighted by Gasteiger charge is 2.24. The van der Waals surface area contributed by atoms with E-state index in [1.165, 1.54) is 22.4 Å². The predicted molar refractivity (Wildman–Crippen MR) is 136 cm³/mol. The van der Waals surface area contributed by atoms with E-state index in [1.54, 1.807) is 17.4 Å². The largest absolute Gasteiger partial charge is 0.351 e. The van der Waals surface area contributed by atoms with Crippen LogP contribution in [0.2, 0.25) is 0 Å². The van der Waals surface area contributed by atoms with Gasteiger partial charge in [0.15, 0.2) is 0 Å². The number of carbonyl (C=O) groups is 1. The average Bonchev–Trinajstić information content (AvgIpc) is 3.35. The zero-order valence-electron chi connectivity index (χ0n) is 19.6. The molecule has 5 nitrogen and oxygen atoms in total. The highest BCUT2D eigenvalue weighted by Crippen LogP contribution is 2.38. The molecule has 0 aliphatic heterocycles. The molecule has 0 saturated heterocycles. The van der Waals surface area contributed by atoms with Crippen LogP contribution in [-0.4, -0.2) is 17.0 Å². The van der Waals surface area contributed by atoms with Crippen LogP contribution in [-0.2, 0) is 24.1 Å². The topological polar surface area (TPSA) is 81.6 Å². The number of nitrogens with one attached hydrogen (secondary N) is 1. The van der Waals surface area contributed by atoms with E-state index in [9.17, 15) is 15.3 Å². The average molecular weight is 469 g/mol. The number of benzene rings is 1. The standard InChI is InChI=1S/C28H28N4OS/c1-19-15-22(16-23(17-29)27(33)31-14-8-11-21-9-4-3-5-10-21)20(2)32(19)28-25(18-30)24-12-6-7-13-26(24)34-28/h3-5,9-10,15-16H,6-8,11-14H2,1-2H3,(H,31,33)/b23-16-. The Bertz CT molecular complexity index is 1320. The summed E-state index contributed by atoms with van der Waals surface area (Å²) in [6.07, 6.45) is 7.63. The third-order valence-electron chi connectivity index (χ3n) is 6.37. The molecule has 0 bridgehead atoms. The summed E-state index contributed by atoms with van der Waals surface area (Å²) in [6.45, 7) is 4.49. The molecule has 0 radical (unpaired) electrons. The summed E-state index contributed by atoms with van der Waals surface area (Å²) in [5, 5.41) is 23.3. The van der Waals surface area contributed by atoms with Crippen LogP contribution >= 0.6 is 11.3 Å². The van der Waals surface area contributed by atoms with Crippen LogP contribution in [0, 0.1) is 36.5 Å². The molecule has 3 aromatic rings. The highest BCUT2D eigenvalue weighted by molar-refractivity contribution is 7.15. The fraction of sp³-hybridized carbons (Fsp3) is 0.321. The van der Waals surface area contributed by atoms with Crippen molar-refractivity contribution in [3.8, 4) is 17.1 Å². The van der Waals surface area contributed by atoms with E-state index in [-0.39, 0.29) is 11.5 Å². The van der Waals surface area contributed by atoms with Crippen LogP contribution in [0.25, 0.3) is 11.1 Å². The number of aryl methyl sites for hydroxylation is 3. The summed E-state index contributed by atoms with van der Waals surface area (Å²) < 4.78 is 2.10. The lowest BCUT2D eigenvalue weighted by atomic mass is 9.96. The number of fused-ring (bicyclic) bond motifs is 1. The van der Waals surface area contributed by atoms with Gasteiger partial charge in [-0.05, 0) is 81.2 Å². The molecule has 1 aliphatic carbocycles. The Hall–Kier alpha value is -3.61. The van der Waals surface area contributed by atoms with Crippen molar-refractivity contribution in [2.45, 2.75) is 52.4 Å². The van der Waals surface area contributed by atoms with Gasteiger partial charge in [0.1, 0.15) is 22.7 Å². The summed E-state index contributed by atoms with van der Waals surface area (Å²) in [5.74, 6) is -0.357. The maximum atomic E-state index is 12.6. The molecule has 6 heteroatoms. The Morgan fingerprint density at radius 3 is 2.68 bits per heavy atom. The monoisotopic (exact) mass is 468 g/mol. The van der Waals surface area contributed by atoms with E-state index >= 15 is 0 Å². The van der Waals surface area contributed by atoms with Crippen LogP contribution in [0.4, 0.5) is 0 Å². The smallest absolute Gasteiger partial charge is 0.261 e. The number of hydrogen-bond donors (Lipinski definition) is 1. The molecular formula is C28H28N4OS. The normalized spacial score (nSPS) is 13.1. The van der Waals surface area contributed by atoms with Crippen LogP contribution in [0.3, 0.4) is 0 Å². The van der Waals surface area contributed by atoms with Crippen molar-refractivity contribution in [3.05, 3.63) is 80.5 Å². The summed E-state index contributed by atoms with van der Waals surface area (Å²) in [4.78, 5) is 14.0. The van der Waals surface area contributed by atoms with Gasteiger partial charge in [-0.1, -0.05) is 30.3 Å². The van der Waals surface area contributed by atoms with Gasteiger partial charge in [0.25, 0.3) is 5.91 Å². The molecule has 2 aromatic heterocycles. The molecule has 1 aromatic carbocycles. The SMILES string of the molecule is Cc1cc(/C=C(/C#N)C(=O)NCCCc2ccccc2)c(C)n1-c1sc2c(c1C#N)CCCC2. The number of rotatable bonds is 7. The second kappa shape index (κ2) is 10.5. The fourth-order valence-corrected chi connectivity index (χ4v) is 6.06. The Balaban J connectivity index is 1.52. The first kappa shape index (κ1) is 23.5. The van der Waals surface area contributed by atoms with Gasteiger partial charge in [0.05, 0.1) is 5.56 Å². The van der Waals surface area contributed by atoms with Crippen molar-refractivity contribution in [1.29, 1.82) is 10.5 Å². The van der Waals surface area contributed by atoms with E-state index in [0.29, 0.717) is 6.54 Å². The molecule has 0 atom stereocenters. The highest BCUT2D eigenvalue weighted by atomic mass is 32.1. The molecular weight excluding hydrogens is 440 g/mol. The van der Waals surface area contributed by atoms with E-state index in [0.717, 1.165) is 59.6 Å². The first-order chi connectivity index (χ1) is 16.5. The van der Waals surface area contributed by atoms with Crippen LogP contribution < -0.4 is 5.32 Å². The summed E-state index contributed by atoms with van der Waals surface area (Å²) in [7, 11) is 0. The third kappa shape index (κ3) is 4.83. The lowest BCUT2D eigenvalue weighted by Crippen LogP contribution is -2.25. The molecule has 4 rings (SSSR count). The van der Waals surface area contributed by atoms with E-state index < -0.39 is 0 Å². The van der Waals surface area contributed by atoms with Gasteiger partial charge in [-0.3, -0.25) is 4.79 Å². The van der Waals surface area contributed by atoms with Crippen molar-refractivity contribution in [3.63, 3.8) is 0 Å². The molecule has 1 aliphatic rings. The third-order valence-corrected chi connectivity index (χ3v) is 7.65. The fourth-order valence-electron chi connectivity index (χ4n) is 4.61. The molecule has 0 fully saturated rings. The predicted octanol–water partition coefficient (Wildman–Crippen LogP) is 5.56. The van der Waals surface area contributed by atoms with Crippen LogP contribution in [0.1, 0.15) is 57.8 Å². The zero-order valence-corrected chi connectivity index (χ0v) is 20.5. The number of nitriles is 2. The van der Waals surface area contributed by atoms with Gasteiger partial charge in [0.2, 0.25) is 0 Å². The lowest BCUT2D eigenvalue weighted by molar-refractivity contribution is -0.117. The molecule has 172 valence electrons. The first-order valence-electron chi connectivity index (χ1n) is 11.7. The molecule has 0 saturated carbocycles. The maximum absolute atomic E-state index is 12.6. The molecule has 2 heterocycles. The maximum Gasteiger partial charge on any atom is 0.261 e. The Labute approximate surface area is 205 Å². The lowest BCUT2D eigenvalue weighted by Gasteiger charge is -2.10. The Kier molecular flexibility index (Phi) is 7.30. The van der Waals surface area contributed by atoms with E-state index in [2.05, 4.69) is 34.2 Å². The van der Waals surface area contributed by atoms with Crippen molar-refractivity contribution < 1.29 is 4.79 Å². The first-order valence-corrected chi connectivity index (χ1v) is 12.5. The zero-order chi connectivity index (χ0) is 24.1. The minimum absolute atomic E-state index is 0.0888. The van der Waals surface area contributed by atoms with Crippen molar-refractivity contribution in [2.75, 3.05) is 6.54 Å². The van der Waals surface area contributed by atoms with Crippen LogP contribution in [0.15, 0.2) is 42.0 Å². The molecule has 0 spiro atoms. The van der Waals surface area contributed by atoms with Gasteiger partial charge < -0.3 is 9.88 Å². The summed E-state index contributed by atoms with van der Waals surface area (Å²) in [6, 6.07) is 16.6. The van der Waals surface area contributed by atoms with E-state index in [1.807, 2.05) is 38.1 Å². The summed E-state index contributed by atoms with van der Waals surface area (Å²) in [5.41, 5.74) is 6.03. The molecule has 1 amide bonds. The van der Waals surface area contributed by atoms with Crippen molar-refractivity contribution in [1.82, 2.24) is 9.88 Å². The number of aromatic nitrogens is 1. The van der Waals surface area contributed by atoms with Gasteiger partial charge in [-0.2, -0.15) is 10.5 Å². The molecule has 1 N–H and O–H groups in total. The number of amides is 1. The molecule has 0 unspecified atom stereocenters. The van der Waals surface area contributed by atoms with E-state index in [4.69, 9.17) is 0 Å². The van der Waals surface area contributed by atoms with Gasteiger partial charge >= 0.3 is 0 Å². The minimum atomic E-state index is -0.357. The van der Waals surface area contributed by atoms with Gasteiger partial charge in [-0.25, -0.2) is 0 Å². The number of hydrogen-bond acceptors (Lipinski definition) is 4. The van der Waals surface area contributed by atoms with Crippen molar-refractivity contribution in [2.24, 2.45) is 0 Å². The second-order valence-corrected chi connectivity index (χ2v) is 9.76. The van der Waals surface area contributed by atoms with Gasteiger partial charge in [-0.15, -0.1) is 11.3 Å². The minimum Gasteiger partial charge on any atom is -0.351 e. The quantitative estimate of drug-likeness (QED) is 0.280. The van der Waals surface area contributed by atoms with Crippen LogP contribution in [0.5, 0.6) is 0 Å². The summed E-state index contributed by atoms with van der Waals surface area (Å²) >= 11 is 1.70. The number of carbonyl (C=O) groups excluding carboxylic acids is 1. The Morgan fingerprint density at radius 1 is 1.18 bits per heavy atom. The van der Waals surface area contributed by atoms with Crippen molar-refractivity contribution >= 4 is 23.3 Å². The number of thiophene rings is 1. The second-order valence-electron chi connectivity index (χ2n) is 8.68.